The molecule has 0 saturated carbocycles. The first-order valence-electron chi connectivity index (χ1n) is 12.3. The molecule has 36 heavy (non-hydrogen) atoms. The number of piperazine rings is 1. The standard InChI is InChI=1S/C25H32F3N3O5/c1-2-36-23(34)20(14-13-17-9-4-3-5-10-17)31-19(11-6-7-15-29-24(35)25(26,27)28)21(32)30-16-8-12-18(30)22(31)33/h3-5,9-10,18-20H,2,6-8,11-16H2,1H3,(H,29,35)/t18-,19-,20-/m0/s1. The van der Waals surface area contributed by atoms with Crippen molar-refractivity contribution < 1.29 is 37.1 Å². The number of amides is 3. The number of nitrogens with zero attached hydrogens (tertiary/aromatic N) is 2. The number of alkyl halides is 3. The molecule has 0 spiro atoms. The number of unbranched alkanes of at least 4 members (excludes halogenated alkanes) is 1. The molecule has 198 valence electrons. The zero-order valence-corrected chi connectivity index (χ0v) is 20.3. The van der Waals surface area contributed by atoms with E-state index in [0.717, 1.165) is 5.56 Å². The summed E-state index contributed by atoms with van der Waals surface area (Å²) >= 11 is 0. The number of carbonyl (C=O) groups excluding carboxylic acids is 4. The average molecular weight is 512 g/mol. The van der Waals surface area contributed by atoms with Gasteiger partial charge in [-0.2, -0.15) is 13.2 Å². The monoisotopic (exact) mass is 511 g/mol. The molecule has 8 nitrogen and oxygen atoms in total. The van der Waals surface area contributed by atoms with Gasteiger partial charge in [-0.25, -0.2) is 4.79 Å². The van der Waals surface area contributed by atoms with Crippen molar-refractivity contribution in [2.24, 2.45) is 0 Å². The van der Waals surface area contributed by atoms with Crippen LogP contribution in [0, 0.1) is 0 Å². The van der Waals surface area contributed by atoms with Crippen molar-refractivity contribution in [3.8, 4) is 0 Å². The van der Waals surface area contributed by atoms with Gasteiger partial charge in [-0.05, 0) is 57.4 Å². The van der Waals surface area contributed by atoms with Crippen LogP contribution in [0.15, 0.2) is 30.3 Å². The molecule has 0 aromatic heterocycles. The summed E-state index contributed by atoms with van der Waals surface area (Å²) in [5, 5.41) is 1.81. The highest BCUT2D eigenvalue weighted by atomic mass is 19.4. The maximum absolute atomic E-state index is 13.6. The Kier molecular flexibility index (Phi) is 9.33. The molecule has 1 aromatic rings. The van der Waals surface area contributed by atoms with Gasteiger partial charge in [-0.3, -0.25) is 14.4 Å². The van der Waals surface area contributed by atoms with Gasteiger partial charge in [0.1, 0.15) is 18.1 Å². The lowest BCUT2D eigenvalue weighted by Crippen LogP contribution is -2.66. The number of carbonyl (C=O) groups is 4. The molecular weight excluding hydrogens is 479 g/mol. The van der Waals surface area contributed by atoms with Crippen LogP contribution in [0.4, 0.5) is 13.2 Å². The lowest BCUT2D eigenvalue weighted by Gasteiger charge is -2.45. The number of halogens is 3. The smallest absolute Gasteiger partial charge is 0.464 e. The van der Waals surface area contributed by atoms with Crippen LogP contribution in [0.25, 0.3) is 0 Å². The van der Waals surface area contributed by atoms with Crippen molar-refractivity contribution in [2.45, 2.75) is 76.2 Å². The maximum Gasteiger partial charge on any atom is 0.471 e. The summed E-state index contributed by atoms with van der Waals surface area (Å²) in [6.07, 6.45) is -2.36. The zero-order valence-electron chi connectivity index (χ0n) is 20.3. The van der Waals surface area contributed by atoms with Gasteiger partial charge in [0.05, 0.1) is 6.61 Å². The maximum atomic E-state index is 13.6. The third-order valence-corrected chi connectivity index (χ3v) is 6.59. The zero-order chi connectivity index (χ0) is 26.3. The molecule has 0 aliphatic carbocycles. The summed E-state index contributed by atoms with van der Waals surface area (Å²) in [6.45, 7) is 2.03. The van der Waals surface area contributed by atoms with Crippen molar-refractivity contribution in [3.63, 3.8) is 0 Å². The second-order valence-electron chi connectivity index (χ2n) is 8.99. The molecular formula is C25H32F3N3O5. The third kappa shape index (κ3) is 6.55. The van der Waals surface area contributed by atoms with Crippen LogP contribution in [0.3, 0.4) is 0 Å². The number of hydrogen-bond donors (Lipinski definition) is 1. The van der Waals surface area contributed by atoms with Crippen LogP contribution < -0.4 is 5.32 Å². The molecule has 2 fully saturated rings. The van der Waals surface area contributed by atoms with Gasteiger partial charge in [-0.15, -0.1) is 0 Å². The van der Waals surface area contributed by atoms with Gasteiger partial charge in [-0.1, -0.05) is 30.3 Å². The van der Waals surface area contributed by atoms with Gasteiger partial charge >= 0.3 is 18.1 Å². The third-order valence-electron chi connectivity index (χ3n) is 6.59. The number of rotatable bonds is 11. The normalized spacial score (nSPS) is 20.8. The molecule has 3 amide bonds. The summed E-state index contributed by atoms with van der Waals surface area (Å²) in [7, 11) is 0. The van der Waals surface area contributed by atoms with E-state index < -0.39 is 36.2 Å². The highest BCUT2D eigenvalue weighted by Gasteiger charge is 2.51. The highest BCUT2D eigenvalue weighted by molar-refractivity contribution is 5.99. The van der Waals surface area contributed by atoms with Crippen LogP contribution in [0.5, 0.6) is 0 Å². The predicted molar refractivity (Wildman–Crippen MR) is 123 cm³/mol. The van der Waals surface area contributed by atoms with Gasteiger partial charge in [0.15, 0.2) is 0 Å². The number of aryl methyl sites for hydroxylation is 1. The van der Waals surface area contributed by atoms with E-state index in [1.54, 1.807) is 11.8 Å². The second kappa shape index (κ2) is 12.2. The Balaban J connectivity index is 1.76. The summed E-state index contributed by atoms with van der Waals surface area (Å²) in [6, 6.07) is 6.96. The second-order valence-corrected chi connectivity index (χ2v) is 8.99. The fourth-order valence-electron chi connectivity index (χ4n) is 4.88. The Labute approximate surface area is 208 Å². The molecule has 2 heterocycles. The predicted octanol–water partition coefficient (Wildman–Crippen LogP) is 2.60. The Morgan fingerprint density at radius 2 is 1.86 bits per heavy atom. The summed E-state index contributed by atoms with van der Waals surface area (Å²) < 4.78 is 42.5. The number of hydrogen-bond acceptors (Lipinski definition) is 5. The SMILES string of the molecule is CCOC(=O)[C@H](CCc1ccccc1)N1C(=O)[C@@H]2CCCN2C(=O)[C@@H]1CCCCNC(=O)C(F)(F)F. The highest BCUT2D eigenvalue weighted by Crippen LogP contribution is 2.32. The first-order chi connectivity index (χ1) is 17.1. The molecule has 1 aromatic carbocycles. The van der Waals surface area contributed by atoms with Gasteiger partial charge in [0.25, 0.3) is 0 Å². The minimum atomic E-state index is -4.96. The summed E-state index contributed by atoms with van der Waals surface area (Å²) in [4.78, 5) is 53.9. The quantitative estimate of drug-likeness (QED) is 0.364. The molecule has 2 saturated heterocycles. The summed E-state index contributed by atoms with van der Waals surface area (Å²) in [5.74, 6) is -3.15. The van der Waals surface area contributed by atoms with Crippen molar-refractivity contribution in [3.05, 3.63) is 35.9 Å². The van der Waals surface area contributed by atoms with E-state index in [4.69, 9.17) is 4.74 Å². The lowest BCUT2D eigenvalue weighted by atomic mass is 9.95. The van der Waals surface area contributed by atoms with E-state index in [-0.39, 0.29) is 50.6 Å². The van der Waals surface area contributed by atoms with Crippen LogP contribution in [0.2, 0.25) is 0 Å². The number of fused-ring (bicyclic) bond motifs is 1. The Hall–Kier alpha value is -3.11. The number of ether oxygens (including phenoxy) is 1. The molecule has 2 aliphatic heterocycles. The van der Waals surface area contributed by atoms with E-state index in [0.29, 0.717) is 25.8 Å². The average Bonchev–Trinajstić information content (AvgIpc) is 3.34. The van der Waals surface area contributed by atoms with Crippen LogP contribution in [-0.2, 0) is 30.3 Å². The van der Waals surface area contributed by atoms with Crippen molar-refractivity contribution >= 4 is 23.7 Å². The Morgan fingerprint density at radius 1 is 1.14 bits per heavy atom. The molecule has 11 heteroatoms. The van der Waals surface area contributed by atoms with E-state index in [1.807, 2.05) is 35.6 Å². The first-order valence-corrected chi connectivity index (χ1v) is 12.3. The molecule has 0 radical (unpaired) electrons. The van der Waals surface area contributed by atoms with Gasteiger partial charge in [0.2, 0.25) is 11.8 Å². The molecule has 3 rings (SSSR count). The molecule has 0 unspecified atom stereocenters. The molecule has 1 N–H and O–H groups in total. The van der Waals surface area contributed by atoms with E-state index in [1.165, 1.54) is 4.90 Å². The van der Waals surface area contributed by atoms with Crippen LogP contribution >= 0.6 is 0 Å². The first kappa shape index (κ1) is 27.5. The lowest BCUT2D eigenvalue weighted by molar-refractivity contribution is -0.173. The van der Waals surface area contributed by atoms with Crippen LogP contribution in [-0.4, -0.2) is 77.5 Å². The van der Waals surface area contributed by atoms with Crippen molar-refractivity contribution in [1.29, 1.82) is 0 Å². The number of esters is 1. The number of nitrogens with one attached hydrogen (secondary N) is 1. The van der Waals surface area contributed by atoms with E-state index >= 15 is 0 Å². The number of benzene rings is 1. The fraction of sp³-hybridized carbons (Fsp3) is 0.600. The molecule has 0 bridgehead atoms. The fourth-order valence-corrected chi connectivity index (χ4v) is 4.88. The largest absolute Gasteiger partial charge is 0.471 e. The van der Waals surface area contributed by atoms with E-state index in [9.17, 15) is 32.3 Å². The van der Waals surface area contributed by atoms with Gasteiger partial charge in [0, 0.05) is 13.1 Å². The Morgan fingerprint density at radius 3 is 2.53 bits per heavy atom. The summed E-state index contributed by atoms with van der Waals surface area (Å²) in [5.41, 5.74) is 0.974. The molecule has 2 aliphatic rings. The minimum absolute atomic E-state index is 0.121. The van der Waals surface area contributed by atoms with Crippen molar-refractivity contribution in [1.82, 2.24) is 15.1 Å². The van der Waals surface area contributed by atoms with E-state index in [2.05, 4.69) is 0 Å². The van der Waals surface area contributed by atoms with Crippen LogP contribution in [0.1, 0.15) is 51.0 Å². The molecule has 3 atom stereocenters. The topological polar surface area (TPSA) is 96.0 Å². The minimum Gasteiger partial charge on any atom is -0.464 e. The van der Waals surface area contributed by atoms with Crippen molar-refractivity contribution in [2.75, 3.05) is 19.7 Å². The van der Waals surface area contributed by atoms with Gasteiger partial charge < -0.3 is 19.9 Å². The Bertz CT molecular complexity index is 941.